The number of hydrogen-bond acceptors (Lipinski definition) is 5. The van der Waals surface area contributed by atoms with Crippen molar-refractivity contribution in [3.05, 3.63) is 82.3 Å². The summed E-state index contributed by atoms with van der Waals surface area (Å²) in [7, 11) is 1.56. The molecule has 4 aromatic rings. The van der Waals surface area contributed by atoms with Crippen LogP contribution < -0.4 is 10.1 Å². The first-order valence-corrected chi connectivity index (χ1v) is 10.3. The Morgan fingerprint density at radius 3 is 2.38 bits per heavy atom. The van der Waals surface area contributed by atoms with Gasteiger partial charge in [0.15, 0.2) is 5.69 Å². The van der Waals surface area contributed by atoms with Crippen LogP contribution in [-0.2, 0) is 0 Å². The molecule has 1 aromatic heterocycles. The fourth-order valence-corrected chi connectivity index (χ4v) is 3.39. The molecule has 3 aromatic carbocycles. The molecular weight excluding hydrogens is 476 g/mol. The molecule has 0 radical (unpaired) electrons. The van der Waals surface area contributed by atoms with Gasteiger partial charge in [0, 0.05) is 26.7 Å². The maximum Gasteiger partial charge on any atom is 0.295 e. The van der Waals surface area contributed by atoms with Gasteiger partial charge in [-0.1, -0.05) is 15.9 Å². The Morgan fingerprint density at radius 1 is 1.00 bits per heavy atom. The van der Waals surface area contributed by atoms with E-state index in [2.05, 4.69) is 36.5 Å². The summed E-state index contributed by atoms with van der Waals surface area (Å²) in [5, 5.41) is 21.1. The number of aromatic hydroxyl groups is 1. The lowest BCUT2D eigenvalue weighted by Gasteiger charge is -2.06. The number of benzene rings is 3. The number of hydrogen-bond donors (Lipinski definition) is 3. The number of azo groups is 1. The highest BCUT2D eigenvalue weighted by atomic mass is 79.9. The van der Waals surface area contributed by atoms with Gasteiger partial charge >= 0.3 is 0 Å². The molecule has 160 valence electrons. The number of rotatable bonds is 5. The number of amides is 2. The maximum atomic E-state index is 12.4. The first-order valence-electron chi connectivity index (χ1n) is 9.46. The minimum Gasteiger partial charge on any atom is -0.497 e. The average molecular weight is 493 g/mol. The van der Waals surface area contributed by atoms with Crippen molar-refractivity contribution >= 4 is 50.0 Å². The number of anilines is 1. The summed E-state index contributed by atoms with van der Waals surface area (Å²) < 4.78 is 5.89. The summed E-state index contributed by atoms with van der Waals surface area (Å²) >= 11 is 3.37. The van der Waals surface area contributed by atoms with E-state index >= 15 is 0 Å². The number of aromatic nitrogens is 1. The Balaban J connectivity index is 1.46. The number of carbonyl (C=O) groups is 2. The molecule has 9 heteroatoms. The Bertz CT molecular complexity index is 1330. The number of fused-ring (bicyclic) bond motifs is 1. The highest BCUT2D eigenvalue weighted by Crippen LogP contribution is 2.36. The van der Waals surface area contributed by atoms with Gasteiger partial charge in [-0.2, -0.15) is 0 Å². The van der Waals surface area contributed by atoms with Gasteiger partial charge in [-0.25, -0.2) is 0 Å². The van der Waals surface area contributed by atoms with Gasteiger partial charge in [0.05, 0.1) is 12.6 Å². The number of aromatic amines is 1. The van der Waals surface area contributed by atoms with Crippen molar-refractivity contribution < 1.29 is 19.4 Å². The second-order valence-electron chi connectivity index (χ2n) is 6.78. The summed E-state index contributed by atoms with van der Waals surface area (Å²) in [6, 6.07) is 18.4. The minimum atomic E-state index is -0.582. The first kappa shape index (κ1) is 21.3. The fourth-order valence-electron chi connectivity index (χ4n) is 3.03. The Kier molecular flexibility index (Phi) is 6.00. The van der Waals surface area contributed by atoms with E-state index < -0.39 is 5.91 Å². The highest BCUT2D eigenvalue weighted by molar-refractivity contribution is 9.10. The molecular formula is C23H17BrN4O4. The van der Waals surface area contributed by atoms with Crippen molar-refractivity contribution in [2.24, 2.45) is 10.2 Å². The molecule has 3 N–H and O–H groups in total. The smallest absolute Gasteiger partial charge is 0.295 e. The second kappa shape index (κ2) is 9.03. The van der Waals surface area contributed by atoms with E-state index in [9.17, 15) is 14.7 Å². The van der Waals surface area contributed by atoms with E-state index in [0.717, 1.165) is 4.47 Å². The topological polar surface area (TPSA) is 116 Å². The van der Waals surface area contributed by atoms with Gasteiger partial charge in [0.2, 0.25) is 5.88 Å². The van der Waals surface area contributed by atoms with Crippen LogP contribution in [0.25, 0.3) is 10.9 Å². The molecule has 0 saturated heterocycles. The molecule has 8 nitrogen and oxygen atoms in total. The van der Waals surface area contributed by atoms with Crippen LogP contribution in [0.3, 0.4) is 0 Å². The molecule has 0 unspecified atom stereocenters. The lowest BCUT2D eigenvalue weighted by molar-refractivity contribution is 0.0993. The highest BCUT2D eigenvalue weighted by Gasteiger charge is 2.12. The quantitative estimate of drug-likeness (QED) is 0.304. The Morgan fingerprint density at radius 2 is 1.69 bits per heavy atom. The number of nitrogens with one attached hydrogen (secondary N) is 2. The van der Waals surface area contributed by atoms with Crippen molar-refractivity contribution in [2.75, 3.05) is 12.4 Å². The van der Waals surface area contributed by atoms with Crippen molar-refractivity contribution in [2.45, 2.75) is 0 Å². The standard InChI is InChI=1S/C23H17BrN4O4/c1-32-17-9-4-13(5-10-17)21(29)25-16-7-2-14(3-8-16)22(30)28-27-20-18-12-15(24)6-11-19(18)26-23(20)31/h2-12,26,31H,1H3,(H,25,29). The maximum absolute atomic E-state index is 12.4. The van der Waals surface area contributed by atoms with Gasteiger partial charge in [0.1, 0.15) is 5.75 Å². The monoisotopic (exact) mass is 492 g/mol. The van der Waals surface area contributed by atoms with Gasteiger partial charge < -0.3 is 20.1 Å². The van der Waals surface area contributed by atoms with Crippen LogP contribution in [0.4, 0.5) is 11.4 Å². The molecule has 0 bridgehead atoms. The largest absolute Gasteiger partial charge is 0.497 e. The van der Waals surface area contributed by atoms with Crippen molar-refractivity contribution in [3.63, 3.8) is 0 Å². The molecule has 0 fully saturated rings. The summed E-state index contributed by atoms with van der Waals surface area (Å²) in [6.07, 6.45) is 0. The van der Waals surface area contributed by atoms with Crippen molar-refractivity contribution in [1.29, 1.82) is 0 Å². The van der Waals surface area contributed by atoms with Crippen LogP contribution in [-0.4, -0.2) is 29.0 Å². The predicted octanol–water partition coefficient (Wildman–Crippen LogP) is 5.82. The molecule has 0 aliphatic rings. The average Bonchev–Trinajstić information content (AvgIpc) is 3.12. The molecule has 0 atom stereocenters. The van der Waals surface area contributed by atoms with Crippen molar-refractivity contribution in [1.82, 2.24) is 4.98 Å². The van der Waals surface area contributed by atoms with E-state index in [-0.39, 0.29) is 23.0 Å². The zero-order chi connectivity index (χ0) is 22.7. The van der Waals surface area contributed by atoms with E-state index in [1.54, 1.807) is 55.6 Å². The van der Waals surface area contributed by atoms with Gasteiger partial charge in [-0.05, 0) is 66.7 Å². The number of H-pyrrole nitrogens is 1. The molecule has 0 aliphatic heterocycles. The van der Waals surface area contributed by atoms with Crippen LogP contribution in [0.15, 0.2) is 81.4 Å². The zero-order valence-electron chi connectivity index (χ0n) is 16.8. The Hall–Kier alpha value is -3.98. The lowest BCUT2D eigenvalue weighted by Crippen LogP contribution is -2.11. The molecule has 4 rings (SSSR count). The third-order valence-electron chi connectivity index (χ3n) is 4.70. The lowest BCUT2D eigenvalue weighted by atomic mass is 10.1. The van der Waals surface area contributed by atoms with Crippen LogP contribution >= 0.6 is 15.9 Å². The second-order valence-corrected chi connectivity index (χ2v) is 7.69. The van der Waals surface area contributed by atoms with Crippen molar-refractivity contribution in [3.8, 4) is 11.6 Å². The minimum absolute atomic E-state index is 0.175. The molecule has 0 spiro atoms. The van der Waals surface area contributed by atoms with Gasteiger partial charge in [-0.15, -0.1) is 10.2 Å². The third kappa shape index (κ3) is 4.52. The Labute approximate surface area is 191 Å². The predicted molar refractivity (Wildman–Crippen MR) is 124 cm³/mol. The SMILES string of the molecule is COc1ccc(C(=O)Nc2ccc(C(=O)N=Nc3c(O)[nH]c4ccc(Br)cc34)cc2)cc1. The van der Waals surface area contributed by atoms with Gasteiger partial charge in [0.25, 0.3) is 11.8 Å². The summed E-state index contributed by atoms with van der Waals surface area (Å²) in [4.78, 5) is 27.5. The fraction of sp³-hybridized carbons (Fsp3) is 0.0435. The van der Waals surface area contributed by atoms with E-state index in [0.29, 0.717) is 27.9 Å². The molecule has 0 aliphatic carbocycles. The number of ether oxygens (including phenoxy) is 1. The summed E-state index contributed by atoms with van der Waals surface area (Å²) in [5.41, 5.74) is 2.14. The van der Waals surface area contributed by atoms with Crippen LogP contribution in [0.5, 0.6) is 11.6 Å². The zero-order valence-corrected chi connectivity index (χ0v) is 18.4. The summed E-state index contributed by atoms with van der Waals surface area (Å²) in [6.45, 7) is 0. The summed E-state index contributed by atoms with van der Waals surface area (Å²) in [5.74, 6) is -0.382. The third-order valence-corrected chi connectivity index (χ3v) is 5.19. The number of carbonyl (C=O) groups excluding carboxylic acids is 2. The van der Waals surface area contributed by atoms with Gasteiger partial charge in [-0.3, -0.25) is 9.59 Å². The van der Waals surface area contributed by atoms with Crippen LogP contribution in [0.1, 0.15) is 20.7 Å². The number of nitrogens with zero attached hydrogens (tertiary/aromatic N) is 2. The van der Waals surface area contributed by atoms with E-state index in [1.165, 1.54) is 12.1 Å². The van der Waals surface area contributed by atoms with E-state index in [4.69, 9.17) is 4.74 Å². The van der Waals surface area contributed by atoms with E-state index in [1.807, 2.05) is 6.07 Å². The molecule has 1 heterocycles. The molecule has 32 heavy (non-hydrogen) atoms. The van der Waals surface area contributed by atoms with Crippen LogP contribution in [0.2, 0.25) is 0 Å². The first-order chi connectivity index (χ1) is 15.4. The van der Waals surface area contributed by atoms with Crippen LogP contribution in [0, 0.1) is 0 Å². The number of halogens is 1. The molecule has 2 amide bonds. The molecule has 0 saturated carbocycles. The number of methoxy groups -OCH3 is 1. The normalized spacial score (nSPS) is 11.1.